The lowest BCUT2D eigenvalue weighted by molar-refractivity contribution is 0.389. The van der Waals surface area contributed by atoms with Gasteiger partial charge in [0, 0.05) is 11.6 Å². The van der Waals surface area contributed by atoms with Crippen LogP contribution in [0.5, 0.6) is 5.75 Å². The van der Waals surface area contributed by atoms with Crippen LogP contribution in [0.1, 0.15) is 30.9 Å². The molecule has 0 radical (unpaired) electrons. The summed E-state index contributed by atoms with van der Waals surface area (Å²) in [6, 6.07) is 5.07. The molecule has 16 heavy (non-hydrogen) atoms. The second kappa shape index (κ2) is 6.06. The summed E-state index contributed by atoms with van der Waals surface area (Å²) < 4.78 is 18.7. The van der Waals surface area contributed by atoms with Crippen LogP contribution >= 0.6 is 12.4 Å². The zero-order chi connectivity index (χ0) is 10.7. The van der Waals surface area contributed by atoms with E-state index >= 15 is 0 Å². The SMILES string of the molecule is COc1ccc(F)c([C@H]2CCCCN2)c1.Cl. The van der Waals surface area contributed by atoms with Crippen LogP contribution in [0.25, 0.3) is 0 Å². The lowest BCUT2D eigenvalue weighted by atomic mass is 9.97. The first-order chi connectivity index (χ1) is 7.31. The minimum atomic E-state index is -0.143. The number of hydrogen-bond acceptors (Lipinski definition) is 2. The Kier molecular flexibility index (Phi) is 5.03. The third-order valence-corrected chi connectivity index (χ3v) is 2.89. The summed E-state index contributed by atoms with van der Waals surface area (Å²) in [6.07, 6.45) is 3.35. The molecule has 1 aromatic carbocycles. The average molecular weight is 246 g/mol. The van der Waals surface area contributed by atoms with E-state index in [9.17, 15) is 4.39 Å². The van der Waals surface area contributed by atoms with Crippen molar-refractivity contribution in [1.29, 1.82) is 0 Å². The van der Waals surface area contributed by atoms with Gasteiger partial charge >= 0.3 is 0 Å². The molecule has 1 aromatic rings. The molecule has 0 aromatic heterocycles. The van der Waals surface area contributed by atoms with Crippen molar-refractivity contribution in [2.75, 3.05) is 13.7 Å². The van der Waals surface area contributed by atoms with E-state index in [1.165, 1.54) is 12.5 Å². The van der Waals surface area contributed by atoms with Crippen molar-refractivity contribution in [3.8, 4) is 5.75 Å². The van der Waals surface area contributed by atoms with E-state index in [0.29, 0.717) is 0 Å². The zero-order valence-corrected chi connectivity index (χ0v) is 10.1. The summed E-state index contributed by atoms with van der Waals surface area (Å²) in [5.74, 6) is 0.578. The van der Waals surface area contributed by atoms with Crippen LogP contribution in [0.15, 0.2) is 18.2 Å². The van der Waals surface area contributed by atoms with E-state index in [2.05, 4.69) is 5.32 Å². The fraction of sp³-hybridized carbons (Fsp3) is 0.500. The van der Waals surface area contributed by atoms with Crippen molar-refractivity contribution in [3.05, 3.63) is 29.6 Å². The molecule has 0 unspecified atom stereocenters. The number of methoxy groups -OCH3 is 1. The second-order valence-electron chi connectivity index (χ2n) is 3.89. The van der Waals surface area contributed by atoms with Gasteiger partial charge < -0.3 is 10.1 Å². The maximum absolute atomic E-state index is 13.6. The molecule has 1 N–H and O–H groups in total. The highest BCUT2D eigenvalue weighted by atomic mass is 35.5. The van der Waals surface area contributed by atoms with E-state index in [1.54, 1.807) is 19.2 Å². The predicted octanol–water partition coefficient (Wildman–Crippen LogP) is 3.07. The Balaban J connectivity index is 0.00000128. The number of ether oxygens (including phenoxy) is 1. The number of hydrogen-bond donors (Lipinski definition) is 1. The molecule has 2 rings (SSSR count). The van der Waals surface area contributed by atoms with Gasteiger partial charge in [0.2, 0.25) is 0 Å². The summed E-state index contributed by atoms with van der Waals surface area (Å²) in [4.78, 5) is 0. The minimum absolute atomic E-state index is 0. The van der Waals surface area contributed by atoms with Crippen molar-refractivity contribution in [2.24, 2.45) is 0 Å². The normalized spacial score (nSPS) is 20.0. The largest absolute Gasteiger partial charge is 0.497 e. The molecule has 2 nitrogen and oxygen atoms in total. The summed E-state index contributed by atoms with van der Waals surface area (Å²) in [6.45, 7) is 0.974. The maximum Gasteiger partial charge on any atom is 0.128 e. The average Bonchev–Trinajstić information content (AvgIpc) is 2.31. The molecule has 1 saturated heterocycles. The Labute approximate surface area is 102 Å². The summed E-state index contributed by atoms with van der Waals surface area (Å²) in [5.41, 5.74) is 0.731. The fourth-order valence-corrected chi connectivity index (χ4v) is 2.03. The van der Waals surface area contributed by atoms with Crippen LogP contribution in [0.2, 0.25) is 0 Å². The van der Waals surface area contributed by atoms with E-state index in [-0.39, 0.29) is 24.3 Å². The highest BCUT2D eigenvalue weighted by Crippen LogP contribution is 2.27. The van der Waals surface area contributed by atoms with Crippen LogP contribution < -0.4 is 10.1 Å². The molecular weight excluding hydrogens is 229 g/mol. The molecule has 1 heterocycles. The minimum Gasteiger partial charge on any atom is -0.497 e. The molecule has 0 amide bonds. The molecule has 1 aliphatic rings. The van der Waals surface area contributed by atoms with Gasteiger partial charge in [-0.2, -0.15) is 0 Å². The summed E-state index contributed by atoms with van der Waals surface area (Å²) in [7, 11) is 1.60. The van der Waals surface area contributed by atoms with E-state index < -0.39 is 0 Å². The molecule has 0 saturated carbocycles. The fourth-order valence-electron chi connectivity index (χ4n) is 2.03. The number of rotatable bonds is 2. The van der Waals surface area contributed by atoms with Crippen molar-refractivity contribution >= 4 is 12.4 Å². The first kappa shape index (κ1) is 13.3. The van der Waals surface area contributed by atoms with Crippen molar-refractivity contribution in [2.45, 2.75) is 25.3 Å². The third kappa shape index (κ3) is 2.86. The number of piperidine rings is 1. The summed E-state index contributed by atoms with van der Waals surface area (Å²) >= 11 is 0. The monoisotopic (exact) mass is 245 g/mol. The Hall–Kier alpha value is -0.800. The van der Waals surface area contributed by atoms with Crippen molar-refractivity contribution < 1.29 is 9.13 Å². The molecule has 90 valence electrons. The van der Waals surface area contributed by atoms with Gasteiger partial charge in [0.25, 0.3) is 0 Å². The molecule has 0 bridgehead atoms. The van der Waals surface area contributed by atoms with Gasteiger partial charge in [0.15, 0.2) is 0 Å². The zero-order valence-electron chi connectivity index (χ0n) is 9.33. The quantitative estimate of drug-likeness (QED) is 0.865. The Bertz CT molecular complexity index is 340. The van der Waals surface area contributed by atoms with Gasteiger partial charge in [-0.3, -0.25) is 0 Å². The summed E-state index contributed by atoms with van der Waals surface area (Å²) in [5, 5.41) is 3.33. The second-order valence-corrected chi connectivity index (χ2v) is 3.89. The molecule has 1 atom stereocenters. The molecule has 1 aliphatic heterocycles. The standard InChI is InChI=1S/C12H16FNO.ClH/c1-15-9-5-6-11(13)10(8-9)12-4-2-3-7-14-12;/h5-6,8,12,14H,2-4,7H2,1H3;1H/t12-;/m1./s1. The van der Waals surface area contributed by atoms with Gasteiger partial charge in [0.1, 0.15) is 11.6 Å². The highest BCUT2D eigenvalue weighted by Gasteiger charge is 2.18. The first-order valence-corrected chi connectivity index (χ1v) is 5.38. The molecule has 0 aliphatic carbocycles. The van der Waals surface area contributed by atoms with Gasteiger partial charge in [-0.25, -0.2) is 4.39 Å². The number of benzene rings is 1. The van der Waals surface area contributed by atoms with Gasteiger partial charge in [-0.1, -0.05) is 6.42 Å². The lowest BCUT2D eigenvalue weighted by Crippen LogP contribution is -2.27. The third-order valence-electron chi connectivity index (χ3n) is 2.89. The Morgan fingerprint density at radius 2 is 2.19 bits per heavy atom. The van der Waals surface area contributed by atoms with Crippen LogP contribution in [-0.4, -0.2) is 13.7 Å². The van der Waals surface area contributed by atoms with Crippen LogP contribution in [0, 0.1) is 5.82 Å². The number of nitrogens with one attached hydrogen (secondary N) is 1. The highest BCUT2D eigenvalue weighted by molar-refractivity contribution is 5.85. The topological polar surface area (TPSA) is 21.3 Å². The Morgan fingerprint density at radius 3 is 2.81 bits per heavy atom. The molecule has 1 fully saturated rings. The molecule has 4 heteroatoms. The lowest BCUT2D eigenvalue weighted by Gasteiger charge is -2.24. The molecular formula is C12H17ClFNO. The van der Waals surface area contributed by atoms with E-state index in [0.717, 1.165) is 30.7 Å². The van der Waals surface area contributed by atoms with Crippen LogP contribution in [0.3, 0.4) is 0 Å². The predicted molar refractivity (Wildman–Crippen MR) is 64.8 cm³/mol. The van der Waals surface area contributed by atoms with Gasteiger partial charge in [-0.05, 0) is 37.6 Å². The van der Waals surface area contributed by atoms with Gasteiger partial charge in [-0.15, -0.1) is 12.4 Å². The van der Waals surface area contributed by atoms with Crippen LogP contribution in [-0.2, 0) is 0 Å². The smallest absolute Gasteiger partial charge is 0.128 e. The maximum atomic E-state index is 13.6. The van der Waals surface area contributed by atoms with Gasteiger partial charge in [0.05, 0.1) is 7.11 Å². The van der Waals surface area contributed by atoms with Crippen molar-refractivity contribution in [1.82, 2.24) is 5.32 Å². The Morgan fingerprint density at radius 1 is 1.38 bits per heavy atom. The first-order valence-electron chi connectivity index (χ1n) is 5.38. The number of halogens is 2. The van der Waals surface area contributed by atoms with E-state index in [4.69, 9.17) is 4.74 Å². The van der Waals surface area contributed by atoms with E-state index in [1.807, 2.05) is 0 Å². The molecule has 0 spiro atoms. The van der Waals surface area contributed by atoms with Crippen LogP contribution in [0.4, 0.5) is 4.39 Å². The van der Waals surface area contributed by atoms with Crippen molar-refractivity contribution in [3.63, 3.8) is 0 Å².